The lowest BCUT2D eigenvalue weighted by atomic mass is 9.93. The number of nitrogens with zero attached hydrogens (tertiary/aromatic N) is 1. The molecule has 2 unspecified atom stereocenters. The van der Waals surface area contributed by atoms with E-state index in [0.29, 0.717) is 29.8 Å². The highest BCUT2D eigenvalue weighted by molar-refractivity contribution is 7.89. The van der Waals surface area contributed by atoms with Crippen LogP contribution >= 0.6 is 11.6 Å². The van der Waals surface area contributed by atoms with Crippen molar-refractivity contribution in [3.63, 3.8) is 0 Å². The molecule has 6 nitrogen and oxygen atoms in total. The third-order valence-electron chi connectivity index (χ3n) is 5.87. The number of ether oxygens (including phenoxy) is 1. The Kier molecular flexibility index (Phi) is 9.37. The predicted molar refractivity (Wildman–Crippen MR) is 127 cm³/mol. The molecule has 2 aromatic carbocycles. The van der Waals surface area contributed by atoms with Crippen LogP contribution in [-0.2, 0) is 21.3 Å². The quantitative estimate of drug-likeness (QED) is 0.420. The van der Waals surface area contributed by atoms with E-state index < -0.39 is 47.2 Å². The minimum Gasteiger partial charge on any atom is -0.347 e. The molecule has 2 aromatic rings. The molecule has 3 atom stereocenters. The van der Waals surface area contributed by atoms with Crippen LogP contribution in [0.1, 0.15) is 48.5 Å². The topological polar surface area (TPSA) is 75.7 Å². The van der Waals surface area contributed by atoms with Crippen LogP contribution < -0.4 is 5.32 Å². The molecule has 0 aromatic heterocycles. The minimum atomic E-state index is -4.80. The first kappa shape index (κ1) is 28.4. The van der Waals surface area contributed by atoms with Crippen molar-refractivity contribution in [3.8, 4) is 0 Å². The van der Waals surface area contributed by atoms with Crippen molar-refractivity contribution in [1.29, 1.82) is 0 Å². The van der Waals surface area contributed by atoms with Crippen LogP contribution in [0.5, 0.6) is 0 Å². The van der Waals surface area contributed by atoms with E-state index >= 15 is 0 Å². The lowest BCUT2D eigenvalue weighted by Gasteiger charge is -2.35. The third-order valence-corrected chi connectivity index (χ3v) is 8.00. The molecule has 12 heteroatoms. The van der Waals surface area contributed by atoms with Gasteiger partial charge in [-0.2, -0.15) is 4.31 Å². The van der Waals surface area contributed by atoms with Gasteiger partial charge in [0.1, 0.15) is 6.17 Å². The molecule has 1 saturated carbocycles. The number of rotatable bonds is 9. The fourth-order valence-electron chi connectivity index (χ4n) is 4.02. The van der Waals surface area contributed by atoms with Gasteiger partial charge in [0.25, 0.3) is 5.91 Å². The summed E-state index contributed by atoms with van der Waals surface area (Å²) in [6.45, 7) is 0.513. The molecule has 1 aliphatic rings. The fourth-order valence-corrected chi connectivity index (χ4v) is 5.81. The number of nitrogens with one attached hydrogen (secondary N) is 1. The number of carbonyl (C=O) groups is 1. The number of hydrogen-bond acceptors (Lipinski definition) is 4. The summed E-state index contributed by atoms with van der Waals surface area (Å²) in [5.74, 6) is -0.610. The first-order chi connectivity index (χ1) is 16.9. The van der Waals surface area contributed by atoms with Gasteiger partial charge in [-0.1, -0.05) is 36.6 Å². The SMILES string of the molecule is C[C@H](COC(F)(F)F)NC(=O)c1ccc(CN(C2CCCCC2F)S(=O)(=O)c2ccc(Cl)cc2)cc1. The summed E-state index contributed by atoms with van der Waals surface area (Å²) in [5, 5.41) is 2.78. The van der Waals surface area contributed by atoms with Crippen molar-refractivity contribution in [1.82, 2.24) is 9.62 Å². The predicted octanol–water partition coefficient (Wildman–Crippen LogP) is 5.47. The Morgan fingerprint density at radius 2 is 1.72 bits per heavy atom. The van der Waals surface area contributed by atoms with E-state index in [1.165, 1.54) is 55.5 Å². The number of benzene rings is 2. The van der Waals surface area contributed by atoms with Crippen LogP contribution in [0, 0.1) is 0 Å². The van der Waals surface area contributed by atoms with E-state index in [9.17, 15) is 30.8 Å². The van der Waals surface area contributed by atoms with Gasteiger partial charge < -0.3 is 5.32 Å². The molecule has 0 bridgehead atoms. The highest BCUT2D eigenvalue weighted by Crippen LogP contribution is 2.32. The summed E-state index contributed by atoms with van der Waals surface area (Å²) in [7, 11) is -4.06. The molecule has 0 aliphatic heterocycles. The Morgan fingerprint density at radius 1 is 1.11 bits per heavy atom. The maximum absolute atomic E-state index is 14.9. The van der Waals surface area contributed by atoms with E-state index in [0.717, 1.165) is 4.31 Å². The van der Waals surface area contributed by atoms with Crippen molar-refractivity contribution in [3.05, 3.63) is 64.7 Å². The molecule has 0 heterocycles. The van der Waals surface area contributed by atoms with Gasteiger partial charge in [0.15, 0.2) is 0 Å². The Bertz CT molecular complexity index is 1130. The van der Waals surface area contributed by atoms with Gasteiger partial charge in [0.2, 0.25) is 10.0 Å². The summed E-state index contributed by atoms with van der Waals surface area (Å²) < 4.78 is 83.3. The average molecular weight is 551 g/mol. The van der Waals surface area contributed by atoms with Gasteiger partial charge in [-0.3, -0.25) is 9.53 Å². The number of carbonyl (C=O) groups excluding carboxylic acids is 1. The molecule has 0 spiro atoms. The van der Waals surface area contributed by atoms with Crippen LogP contribution in [0.15, 0.2) is 53.4 Å². The second kappa shape index (κ2) is 11.9. The standard InChI is InChI=1S/C24H27ClF4N2O4S/c1-16(15-35-24(27,28)29)30-23(32)18-8-6-17(7-9-18)14-31(22-5-3-2-4-21(22)26)36(33,34)20-12-10-19(25)11-13-20/h6-13,16,21-22H,2-5,14-15H2,1H3,(H,30,32)/t16-,21?,22?/m1/s1. The minimum absolute atomic E-state index is 0.00395. The smallest absolute Gasteiger partial charge is 0.347 e. The molecular formula is C24H27ClF4N2O4S. The summed E-state index contributed by atoms with van der Waals surface area (Å²) in [4.78, 5) is 12.4. The zero-order valence-electron chi connectivity index (χ0n) is 19.5. The average Bonchev–Trinajstić information content (AvgIpc) is 2.82. The summed E-state index contributed by atoms with van der Waals surface area (Å²) in [6, 6.07) is 9.85. The van der Waals surface area contributed by atoms with Crippen molar-refractivity contribution >= 4 is 27.5 Å². The van der Waals surface area contributed by atoms with Crippen molar-refractivity contribution in [2.45, 2.75) is 68.7 Å². The van der Waals surface area contributed by atoms with Crippen LogP contribution in [0.2, 0.25) is 5.02 Å². The second-order valence-corrected chi connectivity index (χ2v) is 11.0. The molecule has 3 rings (SSSR count). The maximum Gasteiger partial charge on any atom is 0.522 e. The van der Waals surface area contributed by atoms with Gasteiger partial charge in [0.05, 0.1) is 23.6 Å². The van der Waals surface area contributed by atoms with Gasteiger partial charge >= 0.3 is 6.36 Å². The van der Waals surface area contributed by atoms with Crippen LogP contribution in [-0.4, -0.2) is 49.9 Å². The van der Waals surface area contributed by atoms with Crippen LogP contribution in [0.25, 0.3) is 0 Å². The molecule has 36 heavy (non-hydrogen) atoms. The monoisotopic (exact) mass is 550 g/mol. The third kappa shape index (κ3) is 7.64. The molecule has 0 radical (unpaired) electrons. The highest BCUT2D eigenvalue weighted by Gasteiger charge is 2.38. The Balaban J connectivity index is 1.77. The lowest BCUT2D eigenvalue weighted by Crippen LogP contribution is -2.46. The zero-order chi connectivity index (χ0) is 26.5. The molecule has 1 aliphatic carbocycles. The molecule has 1 fully saturated rings. The fraction of sp³-hybridized carbons (Fsp3) is 0.458. The van der Waals surface area contributed by atoms with Crippen molar-refractivity contribution in [2.24, 2.45) is 0 Å². The Labute approximate surface area is 212 Å². The first-order valence-electron chi connectivity index (χ1n) is 11.4. The van der Waals surface area contributed by atoms with E-state index in [1.54, 1.807) is 0 Å². The number of sulfonamides is 1. The van der Waals surface area contributed by atoms with Gasteiger partial charge in [-0.15, -0.1) is 13.2 Å². The first-order valence-corrected chi connectivity index (χ1v) is 13.2. The van der Waals surface area contributed by atoms with Crippen molar-refractivity contribution < 1.29 is 35.5 Å². The molecule has 1 N–H and O–H groups in total. The van der Waals surface area contributed by atoms with Gasteiger partial charge in [-0.25, -0.2) is 12.8 Å². The highest BCUT2D eigenvalue weighted by atomic mass is 35.5. The van der Waals surface area contributed by atoms with E-state index in [1.807, 2.05) is 0 Å². The van der Waals surface area contributed by atoms with E-state index in [4.69, 9.17) is 11.6 Å². The Hall–Kier alpha value is -2.21. The second-order valence-electron chi connectivity index (χ2n) is 8.70. The molecule has 198 valence electrons. The molecular weight excluding hydrogens is 524 g/mol. The van der Waals surface area contributed by atoms with Gasteiger partial charge in [-0.05, 0) is 61.7 Å². The summed E-state index contributed by atoms with van der Waals surface area (Å²) >= 11 is 5.89. The molecule has 0 saturated heterocycles. The zero-order valence-corrected chi connectivity index (χ0v) is 21.0. The molecule has 1 amide bonds. The number of alkyl halides is 4. The van der Waals surface area contributed by atoms with Gasteiger partial charge in [0, 0.05) is 17.1 Å². The largest absolute Gasteiger partial charge is 0.522 e. The number of halogens is 5. The number of hydrogen-bond donors (Lipinski definition) is 1. The number of amides is 1. The lowest BCUT2D eigenvalue weighted by molar-refractivity contribution is -0.325. The van der Waals surface area contributed by atoms with E-state index in [-0.39, 0.29) is 23.4 Å². The summed E-state index contributed by atoms with van der Waals surface area (Å²) in [5.41, 5.74) is 0.695. The Morgan fingerprint density at radius 3 is 2.31 bits per heavy atom. The maximum atomic E-state index is 14.9. The van der Waals surface area contributed by atoms with E-state index in [2.05, 4.69) is 10.1 Å². The van der Waals surface area contributed by atoms with Crippen LogP contribution in [0.4, 0.5) is 17.6 Å². The summed E-state index contributed by atoms with van der Waals surface area (Å²) in [6.07, 6.45) is -4.07. The normalized spacial score (nSPS) is 19.8. The van der Waals surface area contributed by atoms with Crippen molar-refractivity contribution in [2.75, 3.05) is 6.61 Å². The van der Waals surface area contributed by atoms with Crippen LogP contribution in [0.3, 0.4) is 0 Å².